The zero-order valence-corrected chi connectivity index (χ0v) is 5.40. The molecule has 1 rings (SSSR count). The smallest absolute Gasteiger partial charge is 0.241 e. The highest BCUT2D eigenvalue weighted by Crippen LogP contribution is 2.29. The van der Waals surface area contributed by atoms with Crippen molar-refractivity contribution in [3.63, 3.8) is 0 Å². The maximum Gasteiger partial charge on any atom is 0.241 e. The first kappa shape index (κ1) is 7.40. The summed E-state index contributed by atoms with van der Waals surface area (Å²) < 4.78 is 0. The average molecular weight is 153 g/mol. The lowest BCUT2D eigenvalue weighted by molar-refractivity contribution is 0.425. The number of carbonyl (C=O) groups excluding carboxylic acids is 1. The fourth-order valence-corrected chi connectivity index (χ4v) is 0.702. The largest absolute Gasteiger partial charge is 0.508 e. The van der Waals surface area contributed by atoms with Crippen LogP contribution in [-0.2, 0) is 4.79 Å². The fourth-order valence-electron chi connectivity index (χ4n) is 0.702. The molecule has 0 aliphatic heterocycles. The van der Waals surface area contributed by atoms with E-state index >= 15 is 0 Å². The summed E-state index contributed by atoms with van der Waals surface area (Å²) in [7, 11) is 0. The predicted molar refractivity (Wildman–Crippen MR) is 36.2 cm³/mol. The Labute approximate surface area is 62.3 Å². The maximum atomic E-state index is 10.0. The van der Waals surface area contributed by atoms with Crippen LogP contribution in [0.25, 0.3) is 0 Å². The van der Waals surface area contributed by atoms with E-state index < -0.39 is 11.5 Å². The monoisotopic (exact) mass is 153 g/mol. The van der Waals surface area contributed by atoms with Gasteiger partial charge in [0.15, 0.2) is 0 Å². The molecule has 11 heavy (non-hydrogen) atoms. The molecule has 1 radical (unpaired) electrons. The van der Waals surface area contributed by atoms with Gasteiger partial charge in [0, 0.05) is 12.1 Å². The van der Waals surface area contributed by atoms with Crippen LogP contribution in [0.1, 0.15) is 5.56 Å². The van der Waals surface area contributed by atoms with Crippen LogP contribution in [0.15, 0.2) is 12.1 Å². The maximum absolute atomic E-state index is 10.0. The van der Waals surface area contributed by atoms with Gasteiger partial charge in [-0.15, -0.1) is 0 Å². The Bertz CT molecular complexity index is 269. The van der Waals surface area contributed by atoms with Crippen LogP contribution in [0.2, 0.25) is 0 Å². The number of phenols is 3. The molecule has 0 amide bonds. The first-order chi connectivity index (χ1) is 5.15. The zero-order chi connectivity index (χ0) is 8.43. The number of hydrogen-bond donors (Lipinski definition) is 3. The molecule has 4 nitrogen and oxygen atoms in total. The van der Waals surface area contributed by atoms with Gasteiger partial charge in [-0.3, -0.25) is 4.79 Å². The molecular weight excluding hydrogens is 148 g/mol. The molecule has 0 aromatic heterocycles. The van der Waals surface area contributed by atoms with Gasteiger partial charge < -0.3 is 15.3 Å². The van der Waals surface area contributed by atoms with E-state index in [0.717, 1.165) is 12.1 Å². The summed E-state index contributed by atoms with van der Waals surface area (Å²) in [6, 6.07) is 1.89. The SMILES string of the molecule is O=[C]c1c(O)cc(O)cc1O. The van der Waals surface area contributed by atoms with Crippen molar-refractivity contribution in [3.8, 4) is 17.2 Å². The predicted octanol–water partition coefficient (Wildman–Crippen LogP) is 0.261. The molecule has 3 N–H and O–H groups in total. The highest BCUT2D eigenvalue weighted by atomic mass is 16.3. The van der Waals surface area contributed by atoms with E-state index in [4.69, 9.17) is 15.3 Å². The second-order valence-electron chi connectivity index (χ2n) is 1.96. The highest BCUT2D eigenvalue weighted by Gasteiger charge is 2.08. The molecule has 1 aromatic carbocycles. The zero-order valence-electron chi connectivity index (χ0n) is 5.40. The van der Waals surface area contributed by atoms with Crippen LogP contribution >= 0.6 is 0 Å². The van der Waals surface area contributed by atoms with Gasteiger partial charge in [-0.2, -0.15) is 0 Å². The van der Waals surface area contributed by atoms with Gasteiger partial charge >= 0.3 is 0 Å². The standard InChI is InChI=1S/C7H5O4/c8-3-5-6(10)1-4(9)2-7(5)11/h1-2,9-11H. The van der Waals surface area contributed by atoms with Gasteiger partial charge in [0.2, 0.25) is 6.29 Å². The lowest BCUT2D eigenvalue weighted by Crippen LogP contribution is -1.82. The molecule has 0 heterocycles. The molecule has 0 saturated carbocycles. The third-order valence-electron chi connectivity index (χ3n) is 1.18. The molecule has 0 spiro atoms. The van der Waals surface area contributed by atoms with Crippen molar-refractivity contribution in [2.24, 2.45) is 0 Å². The van der Waals surface area contributed by atoms with E-state index in [-0.39, 0.29) is 11.3 Å². The molecule has 57 valence electrons. The van der Waals surface area contributed by atoms with E-state index in [1.165, 1.54) is 6.29 Å². The summed E-state index contributed by atoms with van der Waals surface area (Å²) >= 11 is 0. The molecule has 0 atom stereocenters. The van der Waals surface area contributed by atoms with E-state index in [9.17, 15) is 4.79 Å². The van der Waals surface area contributed by atoms with Gasteiger partial charge in [-0.25, -0.2) is 0 Å². The van der Waals surface area contributed by atoms with Crippen molar-refractivity contribution in [1.29, 1.82) is 0 Å². The van der Waals surface area contributed by atoms with Gasteiger partial charge in [-0.1, -0.05) is 0 Å². The lowest BCUT2D eigenvalue weighted by Gasteiger charge is -1.99. The van der Waals surface area contributed by atoms with Gasteiger partial charge in [0.1, 0.15) is 22.8 Å². The Morgan fingerprint density at radius 2 is 1.55 bits per heavy atom. The van der Waals surface area contributed by atoms with Crippen LogP contribution in [0.4, 0.5) is 0 Å². The van der Waals surface area contributed by atoms with Crippen molar-refractivity contribution >= 4 is 6.29 Å². The molecule has 4 heteroatoms. The van der Waals surface area contributed by atoms with Gasteiger partial charge in [0.05, 0.1) is 0 Å². The van der Waals surface area contributed by atoms with Crippen LogP contribution in [0, 0.1) is 0 Å². The molecule has 0 fully saturated rings. The number of rotatable bonds is 1. The van der Waals surface area contributed by atoms with E-state index in [1.807, 2.05) is 0 Å². The van der Waals surface area contributed by atoms with E-state index in [0.29, 0.717) is 0 Å². The minimum atomic E-state index is -0.488. The van der Waals surface area contributed by atoms with Gasteiger partial charge in [0.25, 0.3) is 0 Å². The first-order valence-electron chi connectivity index (χ1n) is 2.78. The summed E-state index contributed by atoms with van der Waals surface area (Å²) in [5.74, 6) is -1.28. The summed E-state index contributed by atoms with van der Waals surface area (Å²) in [6.07, 6.45) is 1.33. The fraction of sp³-hybridized carbons (Fsp3) is 0. The quantitative estimate of drug-likeness (QED) is 0.540. The Balaban J connectivity index is 3.36. The molecule has 0 aliphatic carbocycles. The average Bonchev–Trinajstić information content (AvgIpc) is 1.85. The minimum absolute atomic E-state index is 0.306. The number of phenolic OH excluding ortho intramolecular Hbond substituents is 3. The molecule has 0 saturated heterocycles. The second-order valence-corrected chi connectivity index (χ2v) is 1.96. The van der Waals surface area contributed by atoms with Crippen LogP contribution < -0.4 is 0 Å². The number of benzene rings is 1. The summed E-state index contributed by atoms with van der Waals surface area (Å²) in [4.78, 5) is 10.0. The lowest BCUT2D eigenvalue weighted by atomic mass is 10.2. The van der Waals surface area contributed by atoms with Crippen LogP contribution in [-0.4, -0.2) is 21.6 Å². The molecule has 0 bridgehead atoms. The van der Waals surface area contributed by atoms with Gasteiger partial charge in [-0.05, 0) is 0 Å². The molecule has 1 aromatic rings. The van der Waals surface area contributed by atoms with Crippen molar-refractivity contribution in [3.05, 3.63) is 17.7 Å². The Morgan fingerprint density at radius 3 is 1.91 bits per heavy atom. The van der Waals surface area contributed by atoms with E-state index in [2.05, 4.69) is 0 Å². The summed E-state index contributed by atoms with van der Waals surface area (Å²) in [6.45, 7) is 0. The third kappa shape index (κ3) is 1.24. The Morgan fingerprint density at radius 1 is 1.09 bits per heavy atom. The second kappa shape index (κ2) is 2.49. The molecule has 0 aliphatic rings. The topological polar surface area (TPSA) is 77.8 Å². The summed E-state index contributed by atoms with van der Waals surface area (Å²) in [5, 5.41) is 26.5. The minimum Gasteiger partial charge on any atom is -0.508 e. The highest BCUT2D eigenvalue weighted by molar-refractivity contribution is 5.84. The Hall–Kier alpha value is -1.71. The number of aromatic hydroxyl groups is 3. The van der Waals surface area contributed by atoms with Crippen LogP contribution in [0.5, 0.6) is 17.2 Å². The molecule has 0 unspecified atom stereocenters. The van der Waals surface area contributed by atoms with Crippen molar-refractivity contribution < 1.29 is 20.1 Å². The van der Waals surface area contributed by atoms with Crippen molar-refractivity contribution in [1.82, 2.24) is 0 Å². The first-order valence-corrected chi connectivity index (χ1v) is 2.78. The third-order valence-corrected chi connectivity index (χ3v) is 1.18. The Kier molecular flexibility index (Phi) is 1.68. The van der Waals surface area contributed by atoms with Crippen LogP contribution in [0.3, 0.4) is 0 Å². The van der Waals surface area contributed by atoms with Crippen molar-refractivity contribution in [2.45, 2.75) is 0 Å². The normalized spacial score (nSPS) is 9.45. The van der Waals surface area contributed by atoms with E-state index in [1.54, 1.807) is 0 Å². The number of hydrogen-bond acceptors (Lipinski definition) is 4. The summed E-state index contributed by atoms with van der Waals surface area (Å²) in [5.41, 5.74) is -0.345. The molecular formula is C7H5O4. The van der Waals surface area contributed by atoms with Crippen molar-refractivity contribution in [2.75, 3.05) is 0 Å².